The van der Waals surface area contributed by atoms with Crippen LogP contribution >= 0.6 is 0 Å². The van der Waals surface area contributed by atoms with Gasteiger partial charge in [0.15, 0.2) is 6.29 Å². The molecule has 0 spiro atoms. The molecule has 3 heteroatoms. The zero-order valence-electron chi connectivity index (χ0n) is 11.4. The number of rotatable bonds is 3. The van der Waals surface area contributed by atoms with Crippen molar-refractivity contribution in [3.63, 3.8) is 0 Å². The minimum atomic E-state index is 0.253. The Bertz CT molecular complexity index is 768. The number of pyridine rings is 1. The van der Waals surface area contributed by atoms with Crippen LogP contribution in [0.15, 0.2) is 66.7 Å². The van der Waals surface area contributed by atoms with Gasteiger partial charge in [0.1, 0.15) is 5.82 Å². The van der Waals surface area contributed by atoms with Crippen molar-refractivity contribution in [2.24, 2.45) is 0 Å². The standard InChI is InChI=1S/C18H14N2O/c19-18-15(12-21)11-16(13-7-3-1-4-8-13)17(20-18)14-9-5-2-6-10-14/h1-12H,(H2,19,20). The van der Waals surface area contributed by atoms with Gasteiger partial charge in [-0.15, -0.1) is 0 Å². The number of nitrogens with zero attached hydrogens (tertiary/aromatic N) is 1. The first-order valence-corrected chi connectivity index (χ1v) is 6.66. The summed E-state index contributed by atoms with van der Waals surface area (Å²) < 4.78 is 0. The molecule has 0 aliphatic heterocycles. The van der Waals surface area contributed by atoms with E-state index < -0.39 is 0 Å². The third-order valence-electron chi connectivity index (χ3n) is 3.34. The summed E-state index contributed by atoms with van der Waals surface area (Å²) in [6, 6.07) is 21.5. The van der Waals surface area contributed by atoms with Crippen molar-refractivity contribution in [1.82, 2.24) is 4.98 Å². The Morgan fingerprint density at radius 1 is 0.857 bits per heavy atom. The molecule has 3 nitrogen and oxygen atoms in total. The summed E-state index contributed by atoms with van der Waals surface area (Å²) in [7, 11) is 0. The number of nitrogens with two attached hydrogens (primary N) is 1. The van der Waals surface area contributed by atoms with Crippen molar-refractivity contribution in [2.75, 3.05) is 5.73 Å². The van der Waals surface area contributed by atoms with Crippen LogP contribution in [0, 0.1) is 0 Å². The lowest BCUT2D eigenvalue weighted by Gasteiger charge is -2.11. The van der Waals surface area contributed by atoms with Crippen LogP contribution in [0.1, 0.15) is 10.4 Å². The average Bonchev–Trinajstić information content (AvgIpc) is 2.56. The van der Waals surface area contributed by atoms with Crippen LogP contribution in [0.2, 0.25) is 0 Å². The number of hydrogen-bond acceptors (Lipinski definition) is 3. The summed E-state index contributed by atoms with van der Waals surface area (Å²) in [5, 5.41) is 0. The number of nitrogen functional groups attached to an aromatic ring is 1. The van der Waals surface area contributed by atoms with E-state index in [0.717, 1.165) is 28.7 Å². The average molecular weight is 274 g/mol. The van der Waals surface area contributed by atoms with Gasteiger partial charge in [0.25, 0.3) is 0 Å². The maximum atomic E-state index is 11.1. The Labute approximate surface area is 123 Å². The second-order valence-corrected chi connectivity index (χ2v) is 4.71. The third kappa shape index (κ3) is 2.54. The highest BCUT2D eigenvalue weighted by Gasteiger charge is 2.12. The zero-order chi connectivity index (χ0) is 14.7. The molecule has 3 rings (SSSR count). The second-order valence-electron chi connectivity index (χ2n) is 4.71. The normalized spacial score (nSPS) is 10.3. The summed E-state index contributed by atoms with van der Waals surface area (Å²) in [6.07, 6.45) is 0.740. The number of carbonyl (C=O) groups excluding carboxylic acids is 1. The predicted octanol–water partition coefficient (Wildman–Crippen LogP) is 3.81. The van der Waals surface area contributed by atoms with E-state index >= 15 is 0 Å². The SMILES string of the molecule is Nc1nc(-c2ccccc2)c(-c2ccccc2)cc1C=O. The molecule has 0 aliphatic rings. The Morgan fingerprint density at radius 3 is 2.00 bits per heavy atom. The van der Waals surface area contributed by atoms with Crippen LogP contribution in [-0.4, -0.2) is 11.3 Å². The highest BCUT2D eigenvalue weighted by molar-refractivity contribution is 5.90. The number of aldehydes is 1. The number of anilines is 1. The highest BCUT2D eigenvalue weighted by Crippen LogP contribution is 2.32. The molecule has 3 aromatic rings. The maximum Gasteiger partial charge on any atom is 0.153 e. The van der Waals surface area contributed by atoms with E-state index in [-0.39, 0.29) is 5.82 Å². The van der Waals surface area contributed by atoms with E-state index in [1.165, 1.54) is 0 Å². The van der Waals surface area contributed by atoms with Crippen molar-refractivity contribution in [1.29, 1.82) is 0 Å². The molecule has 2 N–H and O–H groups in total. The summed E-state index contributed by atoms with van der Waals surface area (Å²) in [5.74, 6) is 0.253. The lowest BCUT2D eigenvalue weighted by molar-refractivity contribution is 0.112. The number of carbonyl (C=O) groups is 1. The van der Waals surface area contributed by atoms with E-state index in [1.54, 1.807) is 6.07 Å². The summed E-state index contributed by atoms with van der Waals surface area (Å²) in [5.41, 5.74) is 9.95. The van der Waals surface area contributed by atoms with Gasteiger partial charge in [-0.2, -0.15) is 0 Å². The minimum Gasteiger partial charge on any atom is -0.383 e. The fourth-order valence-corrected chi connectivity index (χ4v) is 2.29. The van der Waals surface area contributed by atoms with E-state index in [1.807, 2.05) is 60.7 Å². The van der Waals surface area contributed by atoms with Crippen molar-refractivity contribution < 1.29 is 4.79 Å². The van der Waals surface area contributed by atoms with E-state index in [0.29, 0.717) is 5.56 Å². The van der Waals surface area contributed by atoms with E-state index in [9.17, 15) is 4.79 Å². The molecule has 102 valence electrons. The molecular formula is C18H14N2O. The van der Waals surface area contributed by atoms with Crippen molar-refractivity contribution in [3.05, 3.63) is 72.3 Å². The maximum absolute atomic E-state index is 11.1. The summed E-state index contributed by atoms with van der Waals surface area (Å²) in [4.78, 5) is 15.6. The van der Waals surface area contributed by atoms with E-state index in [4.69, 9.17) is 5.73 Å². The monoisotopic (exact) mass is 274 g/mol. The van der Waals surface area contributed by atoms with Crippen LogP contribution in [0.5, 0.6) is 0 Å². The highest BCUT2D eigenvalue weighted by atomic mass is 16.1. The van der Waals surface area contributed by atoms with Crippen LogP contribution in [-0.2, 0) is 0 Å². The zero-order valence-corrected chi connectivity index (χ0v) is 11.4. The molecule has 2 aromatic carbocycles. The molecule has 21 heavy (non-hydrogen) atoms. The molecule has 0 radical (unpaired) electrons. The van der Waals surface area contributed by atoms with Crippen LogP contribution < -0.4 is 5.73 Å². The van der Waals surface area contributed by atoms with E-state index in [2.05, 4.69) is 4.98 Å². The smallest absolute Gasteiger partial charge is 0.153 e. The molecule has 0 aliphatic carbocycles. The molecule has 1 heterocycles. The number of aromatic nitrogens is 1. The molecule has 0 fully saturated rings. The third-order valence-corrected chi connectivity index (χ3v) is 3.34. The molecule has 0 bridgehead atoms. The van der Waals surface area contributed by atoms with Gasteiger partial charge in [0.05, 0.1) is 11.3 Å². The van der Waals surface area contributed by atoms with Gasteiger partial charge in [-0.1, -0.05) is 60.7 Å². The van der Waals surface area contributed by atoms with Gasteiger partial charge in [0, 0.05) is 11.1 Å². The fourth-order valence-electron chi connectivity index (χ4n) is 2.29. The van der Waals surface area contributed by atoms with Crippen LogP contribution in [0.25, 0.3) is 22.4 Å². The Morgan fingerprint density at radius 2 is 1.43 bits per heavy atom. The molecule has 0 saturated carbocycles. The fraction of sp³-hybridized carbons (Fsp3) is 0. The van der Waals surface area contributed by atoms with Gasteiger partial charge < -0.3 is 5.73 Å². The van der Waals surface area contributed by atoms with Gasteiger partial charge in [-0.3, -0.25) is 4.79 Å². The largest absolute Gasteiger partial charge is 0.383 e. The predicted molar refractivity (Wildman–Crippen MR) is 84.9 cm³/mol. The van der Waals surface area contributed by atoms with Crippen molar-refractivity contribution in [2.45, 2.75) is 0 Å². The Hall–Kier alpha value is -2.94. The number of hydrogen-bond donors (Lipinski definition) is 1. The first-order chi connectivity index (χ1) is 10.3. The number of benzene rings is 2. The molecule has 0 saturated heterocycles. The Kier molecular flexibility index (Phi) is 3.48. The minimum absolute atomic E-state index is 0.253. The lowest BCUT2D eigenvalue weighted by Crippen LogP contribution is -2.00. The molecule has 1 aromatic heterocycles. The van der Waals surface area contributed by atoms with Crippen LogP contribution in [0.3, 0.4) is 0 Å². The van der Waals surface area contributed by atoms with Gasteiger partial charge in [-0.05, 0) is 11.6 Å². The first kappa shape index (κ1) is 13.1. The van der Waals surface area contributed by atoms with Gasteiger partial charge >= 0.3 is 0 Å². The summed E-state index contributed by atoms with van der Waals surface area (Å²) in [6.45, 7) is 0. The van der Waals surface area contributed by atoms with Crippen LogP contribution in [0.4, 0.5) is 5.82 Å². The van der Waals surface area contributed by atoms with Gasteiger partial charge in [0.2, 0.25) is 0 Å². The molecule has 0 atom stereocenters. The molecule has 0 amide bonds. The van der Waals surface area contributed by atoms with Gasteiger partial charge in [-0.25, -0.2) is 4.98 Å². The summed E-state index contributed by atoms with van der Waals surface area (Å²) >= 11 is 0. The second kappa shape index (κ2) is 5.59. The van der Waals surface area contributed by atoms with Crippen molar-refractivity contribution in [3.8, 4) is 22.4 Å². The quantitative estimate of drug-likeness (QED) is 0.739. The molecule has 0 unspecified atom stereocenters. The topological polar surface area (TPSA) is 56.0 Å². The first-order valence-electron chi connectivity index (χ1n) is 6.66. The lowest BCUT2D eigenvalue weighted by atomic mass is 9.98. The molecular weight excluding hydrogens is 260 g/mol. The van der Waals surface area contributed by atoms with Crippen molar-refractivity contribution >= 4 is 12.1 Å². The Balaban J connectivity index is 2.28.